The average Bonchev–Trinajstić information content (AvgIpc) is 3.18. The van der Waals surface area contributed by atoms with Crippen molar-refractivity contribution in [2.45, 2.75) is 29.5 Å². The molecule has 198 valence electrons. The first-order chi connectivity index (χ1) is 16.9. The summed E-state index contributed by atoms with van der Waals surface area (Å²) in [5, 5.41) is 6.80. The van der Waals surface area contributed by atoms with Gasteiger partial charge in [0.15, 0.2) is 11.5 Å². The first-order valence-corrected chi connectivity index (χ1v) is 14.6. The molecule has 0 aliphatic heterocycles. The summed E-state index contributed by atoms with van der Waals surface area (Å²) in [5.41, 5.74) is 0.369. The molecule has 0 aliphatic rings. The number of hydrogen-bond donors (Lipinski definition) is 1. The van der Waals surface area contributed by atoms with Crippen molar-refractivity contribution in [1.82, 2.24) is 10.1 Å². The number of anilines is 2. The van der Waals surface area contributed by atoms with E-state index in [4.69, 9.17) is 16.1 Å². The second-order valence-corrected chi connectivity index (χ2v) is 13.1. The number of rotatable bonds is 7. The number of aromatic nitrogens is 2. The van der Waals surface area contributed by atoms with E-state index in [2.05, 4.69) is 31.4 Å². The van der Waals surface area contributed by atoms with Gasteiger partial charge in [-0.2, -0.15) is 4.98 Å². The Morgan fingerprint density at radius 1 is 1.16 bits per heavy atom. The lowest BCUT2D eigenvalue weighted by atomic mass is 10.1. The van der Waals surface area contributed by atoms with Crippen LogP contribution < -0.4 is 5.32 Å². The van der Waals surface area contributed by atoms with E-state index in [0.29, 0.717) is 15.9 Å². The van der Waals surface area contributed by atoms with Gasteiger partial charge in [0.25, 0.3) is 5.03 Å². The molecular formula is C22H16BrClF5N3O3S2. The number of hydrogen-bond acceptors (Lipinski definition) is 6. The monoisotopic (exact) mass is 643 g/mol. The molecular weight excluding hydrogens is 629 g/mol. The Morgan fingerprint density at radius 2 is 1.81 bits per heavy atom. The van der Waals surface area contributed by atoms with Crippen LogP contribution in [0.4, 0.5) is 30.8 Å². The summed E-state index contributed by atoms with van der Waals surface area (Å²) < 4.78 is 84.6. The van der Waals surface area contributed by atoms with Gasteiger partial charge in [-0.05, 0) is 66.2 Å². The van der Waals surface area contributed by atoms with Crippen molar-refractivity contribution in [3.05, 3.63) is 69.0 Å². The number of pyridine rings is 1. The zero-order chi connectivity index (χ0) is 27.4. The van der Waals surface area contributed by atoms with Gasteiger partial charge in [0.2, 0.25) is 0 Å². The first-order valence-electron chi connectivity index (χ1n) is 10.2. The standard InChI is InChI=1S/C22H16BrClF5N3O3S2/c1-11-9-14(32-35-11)10-36(34)22-18(12(2)33)21(19-17(24)8-7-16(23)20(19)31-22)30-13-3-5-15(6-4-13)37(25,26,27,28)29/h3-9H,10H2,1-2H3,(H,30,31). The van der Waals surface area contributed by atoms with Crippen LogP contribution in [0.25, 0.3) is 10.9 Å². The van der Waals surface area contributed by atoms with Crippen molar-refractivity contribution in [1.29, 1.82) is 0 Å². The van der Waals surface area contributed by atoms with Crippen LogP contribution in [0.1, 0.15) is 28.7 Å². The van der Waals surface area contributed by atoms with Gasteiger partial charge in [0.05, 0.1) is 16.2 Å². The van der Waals surface area contributed by atoms with Crippen molar-refractivity contribution >= 4 is 77.0 Å². The lowest BCUT2D eigenvalue weighted by Gasteiger charge is -2.40. The predicted octanol–water partition coefficient (Wildman–Crippen LogP) is 8.86. The van der Waals surface area contributed by atoms with E-state index in [1.807, 2.05) is 0 Å². The van der Waals surface area contributed by atoms with Crippen molar-refractivity contribution in [3.63, 3.8) is 0 Å². The van der Waals surface area contributed by atoms with E-state index < -0.39 is 32.1 Å². The van der Waals surface area contributed by atoms with Crippen molar-refractivity contribution in [2.24, 2.45) is 0 Å². The number of benzene rings is 2. The minimum Gasteiger partial charge on any atom is -0.610 e. The summed E-state index contributed by atoms with van der Waals surface area (Å²) in [6, 6.07) is 6.71. The number of aryl methyl sites for hydroxylation is 1. The highest BCUT2D eigenvalue weighted by Gasteiger charge is 2.65. The predicted molar refractivity (Wildman–Crippen MR) is 137 cm³/mol. The molecule has 1 unspecified atom stereocenters. The molecule has 4 rings (SSSR count). The maximum atomic E-state index is 13.4. The Morgan fingerprint density at radius 3 is 2.35 bits per heavy atom. The van der Waals surface area contributed by atoms with Crippen LogP contribution in [0.2, 0.25) is 5.02 Å². The number of fused-ring (bicyclic) bond motifs is 1. The van der Waals surface area contributed by atoms with Crippen molar-refractivity contribution in [3.8, 4) is 0 Å². The maximum Gasteiger partial charge on any atom is 0.310 e. The van der Waals surface area contributed by atoms with Crippen LogP contribution in [0.5, 0.6) is 0 Å². The first kappa shape index (κ1) is 27.6. The Labute approximate surface area is 223 Å². The zero-order valence-corrected chi connectivity index (χ0v) is 22.8. The molecule has 2 heterocycles. The third kappa shape index (κ3) is 5.87. The molecule has 4 aromatic rings. The Balaban J connectivity index is 1.91. The number of Topliss-reactive ketones (excluding diaryl/α,β-unsaturated/α-hetero) is 1. The van der Waals surface area contributed by atoms with Crippen LogP contribution >= 0.6 is 37.8 Å². The number of carbonyl (C=O) groups is 1. The molecule has 1 N–H and O–H groups in total. The van der Waals surface area contributed by atoms with E-state index in [-0.39, 0.29) is 55.8 Å². The zero-order valence-electron chi connectivity index (χ0n) is 18.8. The number of nitrogens with zero attached hydrogens (tertiary/aromatic N) is 2. The van der Waals surface area contributed by atoms with E-state index >= 15 is 0 Å². The lowest BCUT2D eigenvalue weighted by Crippen LogP contribution is -2.15. The molecule has 2 aromatic heterocycles. The number of carbonyl (C=O) groups excluding carboxylic acids is 1. The molecule has 2 aromatic carbocycles. The molecule has 37 heavy (non-hydrogen) atoms. The van der Waals surface area contributed by atoms with Crippen molar-refractivity contribution in [2.75, 3.05) is 5.32 Å². The fourth-order valence-electron chi connectivity index (χ4n) is 3.52. The van der Waals surface area contributed by atoms with Crippen LogP contribution in [0, 0.1) is 6.92 Å². The SMILES string of the molecule is CC(=O)c1c([S+]([O-])Cc2cc(C)on2)nc2c(Br)ccc(Cl)c2c1Nc1ccc(S(F)(F)(F)(F)F)cc1. The second kappa shape index (κ2) is 8.83. The van der Waals surface area contributed by atoms with Gasteiger partial charge in [0.1, 0.15) is 21.9 Å². The largest absolute Gasteiger partial charge is 0.610 e. The van der Waals surface area contributed by atoms with Gasteiger partial charge in [-0.1, -0.05) is 36.2 Å². The van der Waals surface area contributed by atoms with Crippen LogP contribution in [-0.4, -0.2) is 20.5 Å². The Kier molecular flexibility index (Phi) is 6.60. The summed E-state index contributed by atoms with van der Waals surface area (Å²) in [6.07, 6.45) is 0. The van der Waals surface area contributed by atoms with Gasteiger partial charge < -0.3 is 14.4 Å². The fraction of sp³-hybridized carbons (Fsp3) is 0.136. The Hall–Kier alpha value is -2.39. The van der Waals surface area contributed by atoms with Gasteiger partial charge in [-0.3, -0.25) is 4.79 Å². The van der Waals surface area contributed by atoms with E-state index in [9.17, 15) is 28.8 Å². The van der Waals surface area contributed by atoms with Gasteiger partial charge >= 0.3 is 10.2 Å². The smallest absolute Gasteiger partial charge is 0.310 e. The minimum absolute atomic E-state index is 0.00331. The third-order valence-corrected chi connectivity index (χ3v) is 8.50. The highest BCUT2D eigenvalue weighted by Crippen LogP contribution is 3.02. The molecule has 0 aliphatic carbocycles. The van der Waals surface area contributed by atoms with E-state index in [1.54, 1.807) is 19.1 Å². The average molecular weight is 645 g/mol. The molecule has 0 saturated carbocycles. The summed E-state index contributed by atoms with van der Waals surface area (Å²) in [6.45, 7) is 2.84. The molecule has 0 amide bonds. The van der Waals surface area contributed by atoms with Gasteiger partial charge in [0, 0.05) is 32.8 Å². The number of nitrogens with one attached hydrogen (secondary N) is 1. The maximum absolute atomic E-state index is 13.4. The summed E-state index contributed by atoms with van der Waals surface area (Å²) in [7, 11) is -9.88. The molecule has 0 radical (unpaired) electrons. The quantitative estimate of drug-likeness (QED) is 0.123. The van der Waals surface area contributed by atoms with Crippen LogP contribution in [0.15, 0.2) is 61.4 Å². The molecule has 0 fully saturated rings. The Bertz CT molecular complexity index is 1550. The molecule has 15 heteroatoms. The lowest BCUT2D eigenvalue weighted by molar-refractivity contribution is 0.101. The van der Waals surface area contributed by atoms with E-state index in [0.717, 1.165) is 12.1 Å². The van der Waals surface area contributed by atoms with Crippen LogP contribution in [-0.2, 0) is 16.9 Å². The highest BCUT2D eigenvalue weighted by molar-refractivity contribution is 9.10. The third-order valence-electron chi connectivity index (χ3n) is 5.10. The molecule has 1 atom stereocenters. The van der Waals surface area contributed by atoms with Crippen LogP contribution in [0.3, 0.4) is 0 Å². The molecule has 0 spiro atoms. The fourth-order valence-corrected chi connectivity index (χ4v) is 6.05. The van der Waals surface area contributed by atoms with Crippen molar-refractivity contribution < 1.29 is 33.3 Å². The summed E-state index contributed by atoms with van der Waals surface area (Å²) in [4.78, 5) is 15.2. The second-order valence-electron chi connectivity index (χ2n) is 8.01. The van der Waals surface area contributed by atoms with Gasteiger partial charge in [-0.25, -0.2) is 0 Å². The number of halogens is 7. The number of ketones is 1. The normalized spacial score (nSPS) is 14.8. The summed E-state index contributed by atoms with van der Waals surface area (Å²) in [5.74, 6) is -0.236. The molecule has 0 saturated heterocycles. The topological polar surface area (TPSA) is 91.1 Å². The molecule has 0 bridgehead atoms. The van der Waals surface area contributed by atoms with Gasteiger partial charge in [-0.15, -0.1) is 0 Å². The molecule has 6 nitrogen and oxygen atoms in total. The minimum atomic E-state index is -9.88. The van der Waals surface area contributed by atoms with E-state index in [1.165, 1.54) is 13.0 Å². The highest BCUT2D eigenvalue weighted by atomic mass is 79.9. The summed E-state index contributed by atoms with van der Waals surface area (Å²) >= 11 is 7.83.